The number of amides is 1. The molecule has 0 fully saturated rings. The normalized spacial score (nSPS) is 11.2. The number of hydrogen-bond acceptors (Lipinski definition) is 2. The van der Waals surface area contributed by atoms with Crippen molar-refractivity contribution in [2.45, 2.75) is 39.3 Å². The van der Waals surface area contributed by atoms with Gasteiger partial charge in [-0.3, -0.25) is 9.59 Å². The van der Waals surface area contributed by atoms with Crippen LogP contribution >= 0.6 is 0 Å². The Bertz CT molecular complexity index is 421. The van der Waals surface area contributed by atoms with Gasteiger partial charge < -0.3 is 9.88 Å². The van der Waals surface area contributed by atoms with Crippen molar-refractivity contribution in [2.75, 3.05) is 0 Å². The topological polar surface area (TPSA) is 51.1 Å². The summed E-state index contributed by atoms with van der Waals surface area (Å²) in [6.45, 7) is 6.00. The summed E-state index contributed by atoms with van der Waals surface area (Å²) >= 11 is 0. The molecule has 0 aromatic carbocycles. The van der Waals surface area contributed by atoms with Crippen molar-refractivity contribution in [1.29, 1.82) is 0 Å². The number of rotatable bonds is 4. The Hall–Kier alpha value is -1.58. The first-order chi connectivity index (χ1) is 7.44. The second-order valence-corrected chi connectivity index (χ2v) is 4.45. The summed E-state index contributed by atoms with van der Waals surface area (Å²) in [5, 5.41) is 2.88. The lowest BCUT2D eigenvalue weighted by molar-refractivity contribution is -0.123. The second kappa shape index (κ2) is 4.96. The minimum absolute atomic E-state index is 0.0725. The molecule has 1 amide bonds. The number of carbonyl (C=O) groups is 1. The lowest BCUT2D eigenvalue weighted by Crippen LogP contribution is -2.45. The molecule has 1 aromatic heterocycles. The average Bonchev–Trinajstić information content (AvgIpc) is 2.21. The van der Waals surface area contributed by atoms with E-state index in [9.17, 15) is 9.59 Å². The molecule has 4 heteroatoms. The number of aromatic nitrogens is 1. The van der Waals surface area contributed by atoms with E-state index in [0.29, 0.717) is 0 Å². The van der Waals surface area contributed by atoms with E-state index in [1.54, 1.807) is 18.3 Å². The molecular formula is C12H18N2O2. The number of pyridine rings is 1. The first-order valence-corrected chi connectivity index (χ1v) is 5.41. The monoisotopic (exact) mass is 222 g/mol. The van der Waals surface area contributed by atoms with Crippen molar-refractivity contribution in [1.82, 2.24) is 9.88 Å². The highest BCUT2D eigenvalue weighted by atomic mass is 16.2. The highest BCUT2D eigenvalue weighted by molar-refractivity contribution is 5.76. The maximum Gasteiger partial charge on any atom is 0.250 e. The molecule has 1 heterocycles. The molecule has 88 valence electrons. The predicted molar refractivity (Wildman–Crippen MR) is 63.2 cm³/mol. The Morgan fingerprint density at radius 2 is 2.12 bits per heavy atom. The number of nitrogens with zero attached hydrogens (tertiary/aromatic N) is 1. The van der Waals surface area contributed by atoms with Crippen molar-refractivity contribution in [3.05, 3.63) is 34.7 Å². The molecule has 0 saturated carbocycles. The molecule has 1 N–H and O–H groups in total. The molecule has 0 aliphatic rings. The van der Waals surface area contributed by atoms with Crippen LogP contribution in [-0.4, -0.2) is 16.0 Å². The zero-order valence-corrected chi connectivity index (χ0v) is 9.99. The fourth-order valence-corrected chi connectivity index (χ4v) is 1.25. The van der Waals surface area contributed by atoms with Crippen LogP contribution in [0.15, 0.2) is 29.2 Å². The smallest absolute Gasteiger partial charge is 0.250 e. The van der Waals surface area contributed by atoms with Crippen molar-refractivity contribution >= 4 is 5.91 Å². The summed E-state index contributed by atoms with van der Waals surface area (Å²) in [5.41, 5.74) is -0.387. The van der Waals surface area contributed by atoms with Gasteiger partial charge in [-0.2, -0.15) is 0 Å². The van der Waals surface area contributed by atoms with Gasteiger partial charge >= 0.3 is 0 Å². The van der Waals surface area contributed by atoms with Crippen LogP contribution in [-0.2, 0) is 11.3 Å². The maximum absolute atomic E-state index is 11.7. The number of nitrogens with one attached hydrogen (secondary N) is 1. The van der Waals surface area contributed by atoms with E-state index >= 15 is 0 Å². The van der Waals surface area contributed by atoms with Crippen molar-refractivity contribution < 1.29 is 4.79 Å². The molecule has 1 rings (SSSR count). The standard InChI is InChI=1S/C12H18N2O2/c1-4-12(2,3)13-10(15)9-14-8-6-5-7-11(14)16/h5-8H,4,9H2,1-3H3,(H,13,15). The third kappa shape index (κ3) is 3.53. The van der Waals surface area contributed by atoms with E-state index in [2.05, 4.69) is 5.32 Å². The zero-order chi connectivity index (χ0) is 12.2. The minimum Gasteiger partial charge on any atom is -0.350 e. The highest BCUT2D eigenvalue weighted by Crippen LogP contribution is 2.06. The third-order valence-corrected chi connectivity index (χ3v) is 2.57. The van der Waals surface area contributed by atoms with E-state index in [-0.39, 0.29) is 23.6 Å². The van der Waals surface area contributed by atoms with Crippen LogP contribution in [0.1, 0.15) is 27.2 Å². The van der Waals surface area contributed by atoms with E-state index in [1.165, 1.54) is 10.6 Å². The quantitative estimate of drug-likeness (QED) is 0.831. The van der Waals surface area contributed by atoms with Crippen LogP contribution < -0.4 is 10.9 Å². The second-order valence-electron chi connectivity index (χ2n) is 4.45. The molecule has 0 aliphatic heterocycles. The van der Waals surface area contributed by atoms with E-state index in [0.717, 1.165) is 6.42 Å². The first-order valence-electron chi connectivity index (χ1n) is 5.41. The van der Waals surface area contributed by atoms with Gasteiger partial charge in [-0.05, 0) is 26.3 Å². The van der Waals surface area contributed by atoms with Gasteiger partial charge in [-0.1, -0.05) is 13.0 Å². The Morgan fingerprint density at radius 3 is 2.69 bits per heavy atom. The Morgan fingerprint density at radius 1 is 1.44 bits per heavy atom. The van der Waals surface area contributed by atoms with Crippen LogP contribution in [0.4, 0.5) is 0 Å². The lowest BCUT2D eigenvalue weighted by atomic mass is 10.0. The molecule has 0 atom stereocenters. The fourth-order valence-electron chi connectivity index (χ4n) is 1.25. The summed E-state index contributed by atoms with van der Waals surface area (Å²) in [6, 6.07) is 4.84. The molecule has 0 spiro atoms. The summed E-state index contributed by atoms with van der Waals surface area (Å²) in [7, 11) is 0. The summed E-state index contributed by atoms with van der Waals surface area (Å²) in [5.74, 6) is -0.139. The van der Waals surface area contributed by atoms with E-state index in [4.69, 9.17) is 0 Å². The lowest BCUT2D eigenvalue weighted by Gasteiger charge is -2.24. The summed E-state index contributed by atoms with van der Waals surface area (Å²) in [4.78, 5) is 23.0. The molecule has 16 heavy (non-hydrogen) atoms. The van der Waals surface area contributed by atoms with Gasteiger partial charge in [0.25, 0.3) is 5.56 Å². The van der Waals surface area contributed by atoms with Gasteiger partial charge in [0.1, 0.15) is 6.54 Å². The van der Waals surface area contributed by atoms with Crippen molar-refractivity contribution in [3.63, 3.8) is 0 Å². The van der Waals surface area contributed by atoms with Gasteiger partial charge in [-0.25, -0.2) is 0 Å². The van der Waals surface area contributed by atoms with Gasteiger partial charge in [0.2, 0.25) is 5.91 Å². The molecule has 0 unspecified atom stereocenters. The van der Waals surface area contributed by atoms with Crippen LogP contribution in [0.25, 0.3) is 0 Å². The van der Waals surface area contributed by atoms with E-state index < -0.39 is 0 Å². The number of carbonyl (C=O) groups excluding carboxylic acids is 1. The van der Waals surface area contributed by atoms with Gasteiger partial charge in [0, 0.05) is 17.8 Å². The average molecular weight is 222 g/mol. The molecule has 4 nitrogen and oxygen atoms in total. The van der Waals surface area contributed by atoms with Crippen molar-refractivity contribution in [3.8, 4) is 0 Å². The minimum atomic E-state index is -0.227. The largest absolute Gasteiger partial charge is 0.350 e. The maximum atomic E-state index is 11.7. The van der Waals surface area contributed by atoms with Crippen LogP contribution in [0, 0.1) is 0 Å². The Labute approximate surface area is 95.3 Å². The molecule has 1 aromatic rings. The van der Waals surface area contributed by atoms with E-state index in [1.807, 2.05) is 20.8 Å². The summed E-state index contributed by atoms with van der Waals surface area (Å²) in [6.07, 6.45) is 2.46. The molecular weight excluding hydrogens is 204 g/mol. The Kier molecular flexibility index (Phi) is 3.88. The van der Waals surface area contributed by atoms with Gasteiger partial charge in [0.15, 0.2) is 0 Å². The van der Waals surface area contributed by atoms with Crippen LogP contribution in [0.2, 0.25) is 0 Å². The number of hydrogen-bond donors (Lipinski definition) is 1. The SMILES string of the molecule is CCC(C)(C)NC(=O)Cn1ccccc1=O. The zero-order valence-electron chi connectivity index (χ0n) is 9.99. The Balaban J connectivity index is 2.66. The van der Waals surface area contributed by atoms with Gasteiger partial charge in [-0.15, -0.1) is 0 Å². The molecule has 0 bridgehead atoms. The van der Waals surface area contributed by atoms with Crippen molar-refractivity contribution in [2.24, 2.45) is 0 Å². The fraction of sp³-hybridized carbons (Fsp3) is 0.500. The highest BCUT2D eigenvalue weighted by Gasteiger charge is 2.17. The first kappa shape index (κ1) is 12.5. The summed E-state index contributed by atoms with van der Waals surface area (Å²) < 4.78 is 1.39. The van der Waals surface area contributed by atoms with Gasteiger partial charge in [0.05, 0.1) is 0 Å². The van der Waals surface area contributed by atoms with Crippen LogP contribution in [0.3, 0.4) is 0 Å². The predicted octanol–water partition coefficient (Wildman–Crippen LogP) is 1.15. The molecule has 0 aliphatic carbocycles. The molecule has 0 saturated heterocycles. The van der Waals surface area contributed by atoms with Crippen LogP contribution in [0.5, 0.6) is 0 Å². The molecule has 0 radical (unpaired) electrons. The third-order valence-electron chi connectivity index (χ3n) is 2.57.